The van der Waals surface area contributed by atoms with Crippen LogP contribution in [0.4, 0.5) is 0 Å². The van der Waals surface area contributed by atoms with Gasteiger partial charge in [-0.3, -0.25) is 4.79 Å². The van der Waals surface area contributed by atoms with Gasteiger partial charge in [-0.1, -0.05) is 47.5 Å². The second kappa shape index (κ2) is 6.78. The van der Waals surface area contributed by atoms with Crippen molar-refractivity contribution in [3.63, 3.8) is 0 Å². The number of aliphatic carboxylic acids is 1. The molecule has 0 bridgehead atoms. The Morgan fingerprint density at radius 1 is 0.950 bits per heavy atom. The minimum absolute atomic E-state index is 0.525. The minimum atomic E-state index is -0.818. The first kappa shape index (κ1) is 14.9. The number of rotatable bonds is 5. The van der Waals surface area contributed by atoms with Crippen LogP contribution in [0.5, 0.6) is 0 Å². The molecule has 2 aromatic carbocycles. The Labute approximate surface area is 128 Å². The molecule has 0 aliphatic heterocycles. The van der Waals surface area contributed by atoms with Crippen LogP contribution in [0.2, 0.25) is 10.0 Å². The van der Waals surface area contributed by atoms with E-state index in [-0.39, 0.29) is 0 Å². The monoisotopic (exact) mass is 308 g/mol. The Balaban J connectivity index is 2.08. The first-order chi connectivity index (χ1) is 9.56. The van der Waals surface area contributed by atoms with Crippen molar-refractivity contribution in [3.8, 4) is 0 Å². The van der Waals surface area contributed by atoms with Gasteiger partial charge in [0.2, 0.25) is 0 Å². The largest absolute Gasteiger partial charge is 0.481 e. The lowest BCUT2D eigenvalue weighted by Crippen LogP contribution is -2.12. The van der Waals surface area contributed by atoms with Crippen LogP contribution < -0.4 is 0 Å². The van der Waals surface area contributed by atoms with Crippen LogP contribution in [0.1, 0.15) is 23.5 Å². The summed E-state index contributed by atoms with van der Waals surface area (Å²) in [6, 6.07) is 14.4. The Kier molecular flexibility index (Phi) is 5.05. The standard InChI is InChI=1S/C16H14Cl2O2/c17-13-6-1-11(2-7-13)3-10-15(16(19)20)12-4-8-14(18)9-5-12/h1-2,4-9,15H,3,10H2,(H,19,20)/t15-/m0/s1. The van der Waals surface area contributed by atoms with Crippen molar-refractivity contribution in [2.75, 3.05) is 0 Å². The molecule has 0 heterocycles. The highest BCUT2D eigenvalue weighted by Crippen LogP contribution is 2.24. The number of carboxylic acids is 1. The molecule has 2 aromatic rings. The Morgan fingerprint density at radius 2 is 1.45 bits per heavy atom. The van der Waals surface area contributed by atoms with Crippen LogP contribution >= 0.6 is 23.2 Å². The lowest BCUT2D eigenvalue weighted by atomic mass is 9.92. The molecule has 2 rings (SSSR count). The Bertz CT molecular complexity index is 576. The fraction of sp³-hybridized carbons (Fsp3) is 0.188. The van der Waals surface area contributed by atoms with Crippen LogP contribution in [0, 0.1) is 0 Å². The van der Waals surface area contributed by atoms with Gasteiger partial charge in [0.05, 0.1) is 5.92 Å². The van der Waals surface area contributed by atoms with Crippen LogP contribution in [-0.2, 0) is 11.2 Å². The van der Waals surface area contributed by atoms with E-state index in [4.69, 9.17) is 23.2 Å². The van der Waals surface area contributed by atoms with E-state index in [2.05, 4.69) is 0 Å². The van der Waals surface area contributed by atoms with Gasteiger partial charge >= 0.3 is 5.97 Å². The molecule has 1 atom stereocenters. The molecule has 0 saturated heterocycles. The number of carboxylic acid groups (broad SMARTS) is 1. The highest BCUT2D eigenvalue weighted by atomic mass is 35.5. The summed E-state index contributed by atoms with van der Waals surface area (Å²) < 4.78 is 0. The smallest absolute Gasteiger partial charge is 0.310 e. The molecule has 0 saturated carbocycles. The third-order valence-corrected chi connectivity index (χ3v) is 3.71. The summed E-state index contributed by atoms with van der Waals surface area (Å²) in [5.41, 5.74) is 1.85. The fourth-order valence-electron chi connectivity index (χ4n) is 2.09. The molecular weight excluding hydrogens is 295 g/mol. The van der Waals surface area contributed by atoms with Gasteiger partial charge in [-0.05, 0) is 48.2 Å². The molecule has 104 valence electrons. The van der Waals surface area contributed by atoms with Gasteiger partial charge in [0.15, 0.2) is 0 Å². The van der Waals surface area contributed by atoms with E-state index in [0.29, 0.717) is 22.9 Å². The summed E-state index contributed by atoms with van der Waals surface area (Å²) in [5, 5.41) is 10.7. The number of halogens is 2. The van der Waals surface area contributed by atoms with Crippen LogP contribution in [0.15, 0.2) is 48.5 Å². The quantitative estimate of drug-likeness (QED) is 0.862. The number of benzene rings is 2. The molecule has 20 heavy (non-hydrogen) atoms. The fourth-order valence-corrected chi connectivity index (χ4v) is 2.34. The van der Waals surface area contributed by atoms with Crippen molar-refractivity contribution in [1.82, 2.24) is 0 Å². The van der Waals surface area contributed by atoms with Crippen molar-refractivity contribution < 1.29 is 9.90 Å². The molecule has 4 heteroatoms. The minimum Gasteiger partial charge on any atom is -0.481 e. The number of hydrogen-bond donors (Lipinski definition) is 1. The summed E-state index contributed by atoms with van der Waals surface area (Å²) in [5.74, 6) is -1.34. The van der Waals surface area contributed by atoms with E-state index in [1.807, 2.05) is 24.3 Å². The van der Waals surface area contributed by atoms with Gasteiger partial charge in [-0.2, -0.15) is 0 Å². The maximum absolute atomic E-state index is 11.4. The Morgan fingerprint density at radius 3 is 1.95 bits per heavy atom. The highest BCUT2D eigenvalue weighted by molar-refractivity contribution is 6.30. The second-order valence-corrected chi connectivity index (χ2v) is 5.48. The van der Waals surface area contributed by atoms with E-state index < -0.39 is 11.9 Å². The summed E-state index contributed by atoms with van der Waals surface area (Å²) in [6.45, 7) is 0. The molecule has 0 unspecified atom stereocenters. The molecule has 2 nitrogen and oxygen atoms in total. The molecule has 0 aliphatic carbocycles. The van der Waals surface area contributed by atoms with Gasteiger partial charge in [0.25, 0.3) is 0 Å². The highest BCUT2D eigenvalue weighted by Gasteiger charge is 2.19. The van der Waals surface area contributed by atoms with E-state index >= 15 is 0 Å². The molecule has 0 aromatic heterocycles. The zero-order valence-electron chi connectivity index (χ0n) is 10.7. The van der Waals surface area contributed by atoms with Crippen LogP contribution in [-0.4, -0.2) is 11.1 Å². The first-order valence-corrected chi connectivity index (χ1v) is 7.04. The Hall–Kier alpha value is -1.51. The maximum Gasteiger partial charge on any atom is 0.310 e. The molecule has 0 radical (unpaired) electrons. The normalized spacial score (nSPS) is 12.1. The third kappa shape index (κ3) is 3.99. The third-order valence-electron chi connectivity index (χ3n) is 3.21. The SMILES string of the molecule is O=C(O)[C@@H](CCc1ccc(Cl)cc1)c1ccc(Cl)cc1. The van der Waals surface area contributed by atoms with E-state index in [9.17, 15) is 9.90 Å². The van der Waals surface area contributed by atoms with Gasteiger partial charge in [0, 0.05) is 10.0 Å². The molecule has 0 fully saturated rings. The summed E-state index contributed by atoms with van der Waals surface area (Å²) >= 11 is 11.7. The van der Waals surface area contributed by atoms with Crippen molar-refractivity contribution in [2.45, 2.75) is 18.8 Å². The number of hydrogen-bond acceptors (Lipinski definition) is 1. The zero-order valence-corrected chi connectivity index (χ0v) is 12.2. The lowest BCUT2D eigenvalue weighted by molar-refractivity contribution is -0.138. The summed E-state index contributed by atoms with van der Waals surface area (Å²) in [4.78, 5) is 11.4. The molecule has 0 amide bonds. The van der Waals surface area contributed by atoms with E-state index in [1.165, 1.54) is 0 Å². The zero-order chi connectivity index (χ0) is 14.5. The second-order valence-electron chi connectivity index (χ2n) is 4.61. The van der Waals surface area contributed by atoms with Crippen LogP contribution in [0.3, 0.4) is 0 Å². The lowest BCUT2D eigenvalue weighted by Gasteiger charge is -2.13. The number of carbonyl (C=O) groups is 1. The van der Waals surface area contributed by atoms with Gasteiger partial charge < -0.3 is 5.11 Å². The van der Waals surface area contributed by atoms with Crippen LogP contribution in [0.25, 0.3) is 0 Å². The van der Waals surface area contributed by atoms with E-state index in [1.54, 1.807) is 24.3 Å². The first-order valence-electron chi connectivity index (χ1n) is 6.29. The number of aryl methyl sites for hydroxylation is 1. The van der Waals surface area contributed by atoms with Crippen molar-refractivity contribution in [1.29, 1.82) is 0 Å². The molecule has 1 N–H and O–H groups in total. The van der Waals surface area contributed by atoms with Crippen molar-refractivity contribution in [3.05, 3.63) is 69.7 Å². The topological polar surface area (TPSA) is 37.3 Å². The summed E-state index contributed by atoms with van der Waals surface area (Å²) in [6.07, 6.45) is 1.23. The average molecular weight is 309 g/mol. The van der Waals surface area contributed by atoms with Gasteiger partial charge in [-0.15, -0.1) is 0 Å². The molecule has 0 spiro atoms. The molecular formula is C16H14Cl2O2. The predicted molar refractivity (Wildman–Crippen MR) is 81.6 cm³/mol. The van der Waals surface area contributed by atoms with Gasteiger partial charge in [-0.25, -0.2) is 0 Å². The summed E-state index contributed by atoms with van der Waals surface area (Å²) in [7, 11) is 0. The predicted octanol–water partition coefficient (Wildman–Crippen LogP) is 4.79. The van der Waals surface area contributed by atoms with Crippen molar-refractivity contribution in [2.24, 2.45) is 0 Å². The van der Waals surface area contributed by atoms with Gasteiger partial charge in [0.1, 0.15) is 0 Å². The molecule has 0 aliphatic rings. The van der Waals surface area contributed by atoms with E-state index in [0.717, 1.165) is 11.1 Å². The average Bonchev–Trinajstić information content (AvgIpc) is 2.43. The maximum atomic E-state index is 11.4. The van der Waals surface area contributed by atoms with Crippen molar-refractivity contribution >= 4 is 29.2 Å².